The third kappa shape index (κ3) is 2.02. The highest BCUT2D eigenvalue weighted by Gasteiger charge is 2.34. The first-order valence-corrected chi connectivity index (χ1v) is 7.71. The van der Waals surface area contributed by atoms with Crippen LogP contribution in [0.1, 0.15) is 25.3 Å². The zero-order chi connectivity index (χ0) is 15.3. The van der Waals surface area contributed by atoms with E-state index >= 15 is 0 Å². The number of imidazole rings is 1. The van der Waals surface area contributed by atoms with Gasteiger partial charge in [-0.15, -0.1) is 0 Å². The lowest BCUT2D eigenvalue weighted by molar-refractivity contribution is 0.0906. The van der Waals surface area contributed by atoms with Crippen LogP contribution in [0.15, 0.2) is 6.33 Å². The summed E-state index contributed by atoms with van der Waals surface area (Å²) < 4.78 is 1.97. The van der Waals surface area contributed by atoms with Crippen LogP contribution in [0.25, 0.3) is 11.2 Å². The molecule has 0 amide bonds. The van der Waals surface area contributed by atoms with E-state index < -0.39 is 6.10 Å². The Hall–Kier alpha value is -1.93. The quantitative estimate of drug-likeness (QED) is 0.727. The molecule has 1 aliphatic heterocycles. The van der Waals surface area contributed by atoms with Crippen LogP contribution in [-0.4, -0.2) is 55.5 Å². The maximum absolute atomic E-state index is 10.0. The molecule has 0 spiro atoms. The number of rotatable bonds is 3. The molecule has 1 saturated heterocycles. The Balaban J connectivity index is 1.75. The molecule has 0 bridgehead atoms. The normalized spacial score (nSPS) is 28.3. The second kappa shape index (κ2) is 5.06. The average Bonchev–Trinajstić information content (AvgIpc) is 2.99. The standard InChI is InChI=1S/C14H20N6O2/c15-14-17-12(19-2-1-3-19)11-13(18-14)20(7-16-11)9-4-8(6-21)10(22)5-9/h7-10,21-22H,1-6H2,(H2,15,17,18)/t8-,9-,10+/m1/s1. The minimum atomic E-state index is -0.485. The van der Waals surface area contributed by atoms with Gasteiger partial charge in [0.05, 0.1) is 12.4 Å². The van der Waals surface area contributed by atoms with Gasteiger partial charge < -0.3 is 25.4 Å². The molecule has 8 heteroatoms. The fourth-order valence-corrected chi connectivity index (χ4v) is 3.43. The predicted octanol–water partition coefficient (Wildman–Crippen LogP) is -0.0771. The van der Waals surface area contributed by atoms with Crippen LogP contribution in [0, 0.1) is 5.92 Å². The molecule has 4 N–H and O–H groups in total. The van der Waals surface area contributed by atoms with Crippen molar-refractivity contribution >= 4 is 22.9 Å². The molecule has 8 nitrogen and oxygen atoms in total. The monoisotopic (exact) mass is 304 g/mol. The summed E-state index contributed by atoms with van der Waals surface area (Å²) in [4.78, 5) is 15.3. The molecule has 1 aliphatic carbocycles. The molecule has 0 radical (unpaired) electrons. The smallest absolute Gasteiger partial charge is 0.224 e. The third-order valence-corrected chi connectivity index (χ3v) is 4.84. The second-order valence-corrected chi connectivity index (χ2v) is 6.21. The number of nitrogen functional groups attached to an aromatic ring is 1. The van der Waals surface area contributed by atoms with E-state index in [1.165, 1.54) is 0 Å². The molecule has 118 valence electrons. The molecule has 0 aromatic carbocycles. The summed E-state index contributed by atoms with van der Waals surface area (Å²) in [6, 6.07) is 0.0793. The molecule has 2 aromatic heterocycles. The van der Waals surface area contributed by atoms with Gasteiger partial charge >= 0.3 is 0 Å². The number of hydrogen-bond acceptors (Lipinski definition) is 7. The highest BCUT2D eigenvalue weighted by Crippen LogP contribution is 2.37. The van der Waals surface area contributed by atoms with Gasteiger partial charge in [-0.1, -0.05) is 0 Å². The van der Waals surface area contributed by atoms with E-state index in [9.17, 15) is 10.2 Å². The topological polar surface area (TPSA) is 113 Å². The van der Waals surface area contributed by atoms with Crippen molar-refractivity contribution in [3.05, 3.63) is 6.33 Å². The second-order valence-electron chi connectivity index (χ2n) is 6.21. The van der Waals surface area contributed by atoms with Gasteiger partial charge in [-0.3, -0.25) is 0 Å². The lowest BCUT2D eigenvalue weighted by Gasteiger charge is -2.32. The SMILES string of the molecule is Nc1nc(N2CCC2)c2ncn([C@@H]3C[C@H](CO)[C@@H](O)C3)c2n1. The van der Waals surface area contributed by atoms with Crippen LogP contribution in [0.3, 0.4) is 0 Å². The number of nitrogens with two attached hydrogens (primary N) is 1. The van der Waals surface area contributed by atoms with E-state index in [4.69, 9.17) is 5.73 Å². The molecule has 0 unspecified atom stereocenters. The minimum absolute atomic E-state index is 0.000444. The molecule has 22 heavy (non-hydrogen) atoms. The third-order valence-electron chi connectivity index (χ3n) is 4.84. The van der Waals surface area contributed by atoms with E-state index in [0.29, 0.717) is 18.5 Å². The summed E-state index contributed by atoms with van der Waals surface area (Å²) in [7, 11) is 0. The van der Waals surface area contributed by atoms with Gasteiger partial charge in [-0.05, 0) is 19.3 Å². The van der Waals surface area contributed by atoms with E-state index in [1.807, 2.05) is 4.57 Å². The molecule has 1 saturated carbocycles. The number of aromatic nitrogens is 4. The van der Waals surface area contributed by atoms with Crippen molar-refractivity contribution in [3.63, 3.8) is 0 Å². The average molecular weight is 304 g/mol. The largest absolute Gasteiger partial charge is 0.396 e. The van der Waals surface area contributed by atoms with Crippen molar-refractivity contribution in [1.29, 1.82) is 0 Å². The van der Waals surface area contributed by atoms with Crippen LogP contribution in [0.5, 0.6) is 0 Å². The summed E-state index contributed by atoms with van der Waals surface area (Å²) in [5, 5.41) is 19.3. The first-order chi connectivity index (χ1) is 10.7. The maximum Gasteiger partial charge on any atom is 0.224 e. The zero-order valence-corrected chi connectivity index (χ0v) is 12.3. The van der Waals surface area contributed by atoms with Gasteiger partial charge in [-0.2, -0.15) is 9.97 Å². The van der Waals surface area contributed by atoms with Gasteiger partial charge in [0, 0.05) is 31.7 Å². The summed E-state index contributed by atoms with van der Waals surface area (Å²) in [5.41, 5.74) is 7.34. The Morgan fingerprint density at radius 1 is 1.27 bits per heavy atom. The van der Waals surface area contributed by atoms with E-state index in [-0.39, 0.29) is 24.5 Å². The summed E-state index contributed by atoms with van der Waals surface area (Å²) in [6.45, 7) is 1.93. The van der Waals surface area contributed by atoms with Crippen molar-refractivity contribution < 1.29 is 10.2 Å². The van der Waals surface area contributed by atoms with Crippen LogP contribution in [-0.2, 0) is 0 Å². The molecule has 2 aliphatic rings. The summed E-state index contributed by atoms with van der Waals surface area (Å²) in [5.74, 6) is 0.953. The number of aliphatic hydroxyl groups is 2. The van der Waals surface area contributed by atoms with Crippen molar-refractivity contribution in [2.75, 3.05) is 30.3 Å². The molecule has 2 aromatic rings. The number of nitrogens with zero attached hydrogens (tertiary/aromatic N) is 5. The molecule has 3 heterocycles. The van der Waals surface area contributed by atoms with Gasteiger partial charge in [-0.25, -0.2) is 4.98 Å². The van der Waals surface area contributed by atoms with Crippen LogP contribution < -0.4 is 10.6 Å². The van der Waals surface area contributed by atoms with Crippen molar-refractivity contribution in [2.24, 2.45) is 5.92 Å². The van der Waals surface area contributed by atoms with E-state index in [1.54, 1.807) is 6.33 Å². The van der Waals surface area contributed by atoms with E-state index in [2.05, 4.69) is 19.9 Å². The van der Waals surface area contributed by atoms with Gasteiger partial charge in [0.2, 0.25) is 5.95 Å². The van der Waals surface area contributed by atoms with E-state index in [0.717, 1.165) is 30.8 Å². The van der Waals surface area contributed by atoms with Gasteiger partial charge in [0.15, 0.2) is 17.0 Å². The molecular formula is C14H20N6O2. The predicted molar refractivity (Wildman–Crippen MR) is 81.4 cm³/mol. The molecule has 2 fully saturated rings. The minimum Gasteiger partial charge on any atom is -0.396 e. The van der Waals surface area contributed by atoms with Crippen molar-refractivity contribution in [3.8, 4) is 0 Å². The van der Waals surface area contributed by atoms with Crippen molar-refractivity contribution in [2.45, 2.75) is 31.4 Å². The van der Waals surface area contributed by atoms with Crippen LogP contribution in [0.2, 0.25) is 0 Å². The molecule has 3 atom stereocenters. The number of fused-ring (bicyclic) bond motifs is 1. The summed E-state index contributed by atoms with van der Waals surface area (Å²) >= 11 is 0. The van der Waals surface area contributed by atoms with Crippen molar-refractivity contribution in [1.82, 2.24) is 19.5 Å². The number of anilines is 2. The highest BCUT2D eigenvalue weighted by atomic mass is 16.3. The Labute approximate surface area is 127 Å². The first-order valence-electron chi connectivity index (χ1n) is 7.71. The number of aliphatic hydroxyl groups excluding tert-OH is 2. The fourth-order valence-electron chi connectivity index (χ4n) is 3.43. The summed E-state index contributed by atoms with van der Waals surface area (Å²) in [6.07, 6.45) is 3.73. The Morgan fingerprint density at radius 2 is 2.09 bits per heavy atom. The fraction of sp³-hybridized carbons (Fsp3) is 0.643. The Morgan fingerprint density at radius 3 is 2.73 bits per heavy atom. The lowest BCUT2D eigenvalue weighted by atomic mass is 10.1. The molecular weight excluding hydrogens is 284 g/mol. The number of hydrogen-bond donors (Lipinski definition) is 3. The first kappa shape index (κ1) is 13.7. The maximum atomic E-state index is 10.0. The van der Waals surface area contributed by atoms with Gasteiger partial charge in [0.1, 0.15) is 0 Å². The highest BCUT2D eigenvalue weighted by molar-refractivity contribution is 5.85. The Bertz CT molecular complexity index is 698. The zero-order valence-electron chi connectivity index (χ0n) is 12.3. The lowest BCUT2D eigenvalue weighted by Crippen LogP contribution is -2.38. The van der Waals surface area contributed by atoms with Crippen LogP contribution in [0.4, 0.5) is 11.8 Å². The van der Waals surface area contributed by atoms with Gasteiger partial charge in [0.25, 0.3) is 0 Å². The Kier molecular flexibility index (Phi) is 3.16. The molecule has 4 rings (SSSR count). The van der Waals surface area contributed by atoms with Crippen LogP contribution >= 0.6 is 0 Å².